The summed E-state index contributed by atoms with van der Waals surface area (Å²) in [6, 6.07) is 6.81. The Morgan fingerprint density at radius 2 is 1.47 bits per heavy atom. The molecule has 1 aromatic rings. The highest BCUT2D eigenvalue weighted by atomic mass is 32.2. The van der Waals surface area contributed by atoms with Crippen LogP contribution in [-0.4, -0.2) is 76.8 Å². The lowest BCUT2D eigenvalue weighted by atomic mass is 9.87. The second kappa shape index (κ2) is 8.16. The summed E-state index contributed by atoms with van der Waals surface area (Å²) in [5.41, 5.74) is 0.939. The molecule has 1 aromatic carbocycles. The molecule has 3 rings (SSSR count). The van der Waals surface area contributed by atoms with Crippen LogP contribution in [0.4, 0.5) is 0 Å². The van der Waals surface area contributed by atoms with Crippen LogP contribution in [0.15, 0.2) is 29.2 Å². The van der Waals surface area contributed by atoms with Crippen molar-refractivity contribution in [3.05, 3.63) is 29.8 Å². The van der Waals surface area contributed by atoms with E-state index in [1.165, 1.54) is 8.61 Å². The zero-order valence-corrected chi connectivity index (χ0v) is 20.1. The lowest BCUT2D eigenvalue weighted by Gasteiger charge is -2.24. The molecule has 0 bridgehead atoms. The molecule has 0 spiro atoms. The SMILES string of the molecule is CC(C)(C)c1ccc(S(=O)(=O)N2CCCN(S(=O)(=O)[C@@H]3CCS(=O)(=O)C3)CC2)cc1. The fraction of sp³-hybridized carbons (Fsp3) is 0.684. The minimum atomic E-state index is -3.78. The van der Waals surface area contributed by atoms with Gasteiger partial charge in [0.05, 0.1) is 21.7 Å². The van der Waals surface area contributed by atoms with Crippen molar-refractivity contribution >= 4 is 29.9 Å². The van der Waals surface area contributed by atoms with Gasteiger partial charge in [-0.2, -0.15) is 4.31 Å². The van der Waals surface area contributed by atoms with Gasteiger partial charge in [0.25, 0.3) is 0 Å². The molecule has 0 aromatic heterocycles. The second-order valence-corrected chi connectivity index (χ2v) is 15.4. The van der Waals surface area contributed by atoms with E-state index in [-0.39, 0.29) is 54.4 Å². The lowest BCUT2D eigenvalue weighted by molar-refractivity contribution is 0.401. The van der Waals surface area contributed by atoms with Crippen LogP contribution >= 0.6 is 0 Å². The first-order chi connectivity index (χ1) is 13.7. The van der Waals surface area contributed by atoms with Crippen LogP contribution in [0.25, 0.3) is 0 Å². The molecule has 2 aliphatic heterocycles. The Balaban J connectivity index is 1.74. The van der Waals surface area contributed by atoms with E-state index in [1.54, 1.807) is 12.1 Å². The van der Waals surface area contributed by atoms with E-state index in [4.69, 9.17) is 0 Å². The second-order valence-electron chi connectivity index (χ2n) is 9.00. The molecule has 170 valence electrons. The zero-order valence-electron chi connectivity index (χ0n) is 17.6. The third kappa shape index (κ3) is 4.90. The summed E-state index contributed by atoms with van der Waals surface area (Å²) in [6.07, 6.45) is 0.460. The van der Waals surface area contributed by atoms with E-state index in [1.807, 2.05) is 12.1 Å². The normalized spacial score (nSPS) is 24.6. The number of sulfonamides is 2. The van der Waals surface area contributed by atoms with E-state index in [0.717, 1.165) is 5.56 Å². The predicted molar refractivity (Wildman–Crippen MR) is 116 cm³/mol. The van der Waals surface area contributed by atoms with Gasteiger partial charge in [0, 0.05) is 26.2 Å². The van der Waals surface area contributed by atoms with Crippen molar-refractivity contribution < 1.29 is 25.3 Å². The van der Waals surface area contributed by atoms with Crippen LogP contribution in [0.5, 0.6) is 0 Å². The van der Waals surface area contributed by atoms with Crippen molar-refractivity contribution in [1.29, 1.82) is 0 Å². The molecule has 0 unspecified atom stereocenters. The largest absolute Gasteiger partial charge is 0.243 e. The Kier molecular flexibility index (Phi) is 6.43. The number of hydrogen-bond acceptors (Lipinski definition) is 6. The predicted octanol–water partition coefficient (Wildman–Crippen LogP) is 1.20. The third-order valence-corrected chi connectivity index (χ3v) is 12.0. The monoisotopic (exact) mass is 478 g/mol. The van der Waals surface area contributed by atoms with Crippen molar-refractivity contribution in [3.8, 4) is 0 Å². The molecule has 0 aliphatic carbocycles. The highest BCUT2D eigenvalue weighted by Gasteiger charge is 2.41. The Morgan fingerprint density at radius 1 is 0.900 bits per heavy atom. The molecular formula is C19H30N2O6S3. The molecule has 0 N–H and O–H groups in total. The van der Waals surface area contributed by atoms with Crippen molar-refractivity contribution in [1.82, 2.24) is 8.61 Å². The van der Waals surface area contributed by atoms with Gasteiger partial charge in [-0.05, 0) is 36.0 Å². The molecule has 30 heavy (non-hydrogen) atoms. The van der Waals surface area contributed by atoms with Gasteiger partial charge in [0.15, 0.2) is 9.84 Å². The van der Waals surface area contributed by atoms with Crippen molar-refractivity contribution in [3.63, 3.8) is 0 Å². The van der Waals surface area contributed by atoms with E-state index >= 15 is 0 Å². The Labute approximate surface area is 180 Å². The van der Waals surface area contributed by atoms with E-state index in [9.17, 15) is 25.3 Å². The first kappa shape index (κ1) is 23.6. The van der Waals surface area contributed by atoms with E-state index in [0.29, 0.717) is 6.42 Å². The van der Waals surface area contributed by atoms with Crippen LogP contribution in [0.2, 0.25) is 0 Å². The molecule has 11 heteroatoms. The molecule has 0 radical (unpaired) electrons. The molecule has 1 atom stereocenters. The maximum absolute atomic E-state index is 13.1. The van der Waals surface area contributed by atoms with Gasteiger partial charge in [0.2, 0.25) is 20.0 Å². The van der Waals surface area contributed by atoms with Crippen LogP contribution < -0.4 is 0 Å². The van der Waals surface area contributed by atoms with Crippen molar-refractivity contribution in [2.45, 2.75) is 49.2 Å². The standard InChI is InChI=1S/C19H30N2O6S3/c1-19(2,3)16-5-7-17(8-6-16)29(24,25)20-10-4-11-21(13-12-20)30(26,27)18-9-14-28(22,23)15-18/h5-8,18H,4,9-15H2,1-3H3/t18-/m1/s1. The van der Waals surface area contributed by atoms with Gasteiger partial charge >= 0.3 is 0 Å². The summed E-state index contributed by atoms with van der Waals surface area (Å²) in [4.78, 5) is 0.189. The van der Waals surface area contributed by atoms with Gasteiger partial charge in [-0.1, -0.05) is 32.9 Å². The molecule has 2 saturated heterocycles. The van der Waals surface area contributed by atoms with E-state index < -0.39 is 35.1 Å². The highest BCUT2D eigenvalue weighted by Crippen LogP contribution is 2.27. The van der Waals surface area contributed by atoms with Crippen LogP contribution in [0.1, 0.15) is 39.2 Å². The summed E-state index contributed by atoms with van der Waals surface area (Å²) >= 11 is 0. The summed E-state index contributed by atoms with van der Waals surface area (Å²) in [6.45, 7) is 6.63. The van der Waals surface area contributed by atoms with Gasteiger partial charge < -0.3 is 0 Å². The van der Waals surface area contributed by atoms with Crippen LogP contribution in [0.3, 0.4) is 0 Å². The molecular weight excluding hydrogens is 448 g/mol. The average molecular weight is 479 g/mol. The molecule has 8 nitrogen and oxygen atoms in total. The van der Waals surface area contributed by atoms with Crippen molar-refractivity contribution in [2.24, 2.45) is 0 Å². The van der Waals surface area contributed by atoms with Gasteiger partial charge in [-0.15, -0.1) is 0 Å². The van der Waals surface area contributed by atoms with Crippen LogP contribution in [-0.2, 0) is 35.3 Å². The van der Waals surface area contributed by atoms with Crippen LogP contribution in [0, 0.1) is 0 Å². The molecule has 2 heterocycles. The summed E-state index contributed by atoms with van der Waals surface area (Å²) in [5.74, 6) is -0.468. The fourth-order valence-corrected chi connectivity index (χ4v) is 9.88. The maximum Gasteiger partial charge on any atom is 0.243 e. The Morgan fingerprint density at radius 3 is 2.00 bits per heavy atom. The maximum atomic E-state index is 13.1. The lowest BCUT2D eigenvalue weighted by Crippen LogP contribution is -2.42. The van der Waals surface area contributed by atoms with Gasteiger partial charge in [-0.3, -0.25) is 0 Å². The zero-order chi connectivity index (χ0) is 22.4. The highest BCUT2D eigenvalue weighted by molar-refractivity contribution is 7.95. The first-order valence-corrected chi connectivity index (χ1v) is 14.8. The van der Waals surface area contributed by atoms with E-state index in [2.05, 4.69) is 20.8 Å². The summed E-state index contributed by atoms with van der Waals surface area (Å²) < 4.78 is 77.9. The minimum absolute atomic E-state index is 0.0260. The van der Waals surface area contributed by atoms with Gasteiger partial charge in [0.1, 0.15) is 0 Å². The third-order valence-electron chi connectivity index (χ3n) is 5.74. The number of hydrogen-bond donors (Lipinski definition) is 0. The van der Waals surface area contributed by atoms with Gasteiger partial charge in [-0.25, -0.2) is 29.6 Å². The van der Waals surface area contributed by atoms with Crippen molar-refractivity contribution in [2.75, 3.05) is 37.7 Å². The number of benzene rings is 1. The fourth-order valence-electron chi connectivity index (χ4n) is 3.85. The number of nitrogens with zero attached hydrogens (tertiary/aromatic N) is 2. The minimum Gasteiger partial charge on any atom is -0.229 e. The Bertz CT molecular complexity index is 1090. The summed E-state index contributed by atoms with van der Waals surface area (Å²) in [7, 11) is -10.8. The first-order valence-electron chi connectivity index (χ1n) is 10.0. The number of rotatable bonds is 4. The summed E-state index contributed by atoms with van der Waals surface area (Å²) in [5, 5.41) is -0.935. The molecule has 0 saturated carbocycles. The Hall–Kier alpha value is -1.01. The molecule has 2 aliphatic rings. The quantitative estimate of drug-likeness (QED) is 0.643. The number of sulfone groups is 1. The molecule has 0 amide bonds. The smallest absolute Gasteiger partial charge is 0.229 e. The average Bonchev–Trinajstić information content (AvgIpc) is 2.86. The topological polar surface area (TPSA) is 109 Å². The molecule has 2 fully saturated rings.